The molecule has 0 radical (unpaired) electrons. The Morgan fingerprint density at radius 1 is 1.18 bits per heavy atom. The lowest BCUT2D eigenvalue weighted by Crippen LogP contribution is -2.75. The van der Waals surface area contributed by atoms with Crippen LogP contribution in [0.2, 0.25) is 0 Å². The van der Waals surface area contributed by atoms with Crippen LogP contribution in [0.5, 0.6) is 0 Å². The number of halogens is 3. The zero-order valence-electron chi connectivity index (χ0n) is 23.3. The van der Waals surface area contributed by atoms with E-state index in [0.29, 0.717) is 30.9 Å². The molecule has 3 atom stereocenters. The van der Waals surface area contributed by atoms with Gasteiger partial charge in [-0.15, -0.1) is 0 Å². The van der Waals surface area contributed by atoms with Gasteiger partial charge < -0.3 is 15.1 Å². The normalized spacial score (nSPS) is 23.8. The molecule has 4 rings (SSSR count). The second kappa shape index (κ2) is 12.4. The Labute approximate surface area is 233 Å². The van der Waals surface area contributed by atoms with Gasteiger partial charge in [-0.25, -0.2) is 14.8 Å². The predicted molar refractivity (Wildman–Crippen MR) is 144 cm³/mol. The number of urea groups is 1. The van der Waals surface area contributed by atoms with Gasteiger partial charge in [-0.1, -0.05) is 63.5 Å². The van der Waals surface area contributed by atoms with Crippen LogP contribution in [0.25, 0.3) is 0 Å². The Kier molecular flexibility index (Phi) is 9.22. The van der Waals surface area contributed by atoms with Gasteiger partial charge in [0, 0.05) is 20.1 Å². The number of hydrogen-bond donors (Lipinski definition) is 1. The molecule has 1 aliphatic carbocycles. The number of hydrogen-bond acceptors (Lipinski definition) is 4. The number of likely N-dealkylation sites (N-methyl/N-ethyl adjacent to an activating group) is 1. The number of alkyl halides is 3. The van der Waals surface area contributed by atoms with Gasteiger partial charge >= 0.3 is 12.2 Å². The molecule has 0 bridgehead atoms. The van der Waals surface area contributed by atoms with Crippen molar-refractivity contribution >= 4 is 17.8 Å². The molecule has 4 amide bonds. The summed E-state index contributed by atoms with van der Waals surface area (Å²) in [5.74, 6) is -0.119. The molecule has 0 spiro atoms. The molecule has 2 saturated heterocycles. The highest BCUT2D eigenvalue weighted by molar-refractivity contribution is 5.91. The van der Waals surface area contributed by atoms with Crippen molar-refractivity contribution in [3.63, 3.8) is 0 Å². The summed E-state index contributed by atoms with van der Waals surface area (Å²) >= 11 is 0. The van der Waals surface area contributed by atoms with Crippen LogP contribution in [0.15, 0.2) is 48.1 Å². The molecule has 218 valence electrons. The molecule has 2 heterocycles. The van der Waals surface area contributed by atoms with E-state index >= 15 is 0 Å². The fourth-order valence-corrected chi connectivity index (χ4v) is 5.54. The monoisotopic (exact) mass is 561 g/mol. The first-order valence-electron chi connectivity index (χ1n) is 13.9. The first-order chi connectivity index (χ1) is 19.0. The van der Waals surface area contributed by atoms with E-state index in [1.807, 2.05) is 13.0 Å². The highest BCUT2D eigenvalue weighted by atomic mass is 19.4. The standard InChI is InChI=1S/C29H38F3N5O3/c1-4-5-6-10-24-27(39)35(17-22-8-7-9-23(15-22)29(30,31)32)18-25-36(24)26(38)19-34(3)37(25)28(40)33-16-21-13-11-20(2)12-14-21/h7-9,11,13-15,20,24-25H,4-6,10,12,16-19H2,1-3H3,(H,33,40)/t20?,24-,25-/m0/s1. The number of amides is 4. The highest BCUT2D eigenvalue weighted by Gasteiger charge is 2.50. The number of nitrogens with one attached hydrogen (secondary N) is 1. The Morgan fingerprint density at radius 2 is 1.95 bits per heavy atom. The zero-order valence-corrected chi connectivity index (χ0v) is 23.3. The van der Waals surface area contributed by atoms with Crippen molar-refractivity contribution in [1.82, 2.24) is 25.1 Å². The van der Waals surface area contributed by atoms with Gasteiger partial charge in [0.05, 0.1) is 18.7 Å². The predicted octanol–water partition coefficient (Wildman–Crippen LogP) is 4.55. The molecule has 0 aromatic heterocycles. The maximum Gasteiger partial charge on any atom is 0.416 e. The number of rotatable bonds is 8. The minimum absolute atomic E-state index is 0.0109. The molecular formula is C29H38F3N5O3. The van der Waals surface area contributed by atoms with E-state index in [0.717, 1.165) is 37.0 Å². The summed E-state index contributed by atoms with van der Waals surface area (Å²) in [5.41, 5.74) is 0.534. The van der Waals surface area contributed by atoms with Gasteiger partial charge in [-0.2, -0.15) is 13.2 Å². The van der Waals surface area contributed by atoms with Gasteiger partial charge in [0.25, 0.3) is 0 Å². The summed E-state index contributed by atoms with van der Waals surface area (Å²) in [6, 6.07) is 3.72. The van der Waals surface area contributed by atoms with Crippen molar-refractivity contribution in [3.8, 4) is 0 Å². The molecule has 2 aliphatic heterocycles. The third kappa shape index (κ3) is 6.68. The van der Waals surface area contributed by atoms with Gasteiger partial charge in [0.15, 0.2) is 0 Å². The van der Waals surface area contributed by atoms with E-state index < -0.39 is 30.0 Å². The van der Waals surface area contributed by atoms with Crippen LogP contribution in [0.1, 0.15) is 57.1 Å². The summed E-state index contributed by atoms with van der Waals surface area (Å²) < 4.78 is 40.0. The fourth-order valence-electron chi connectivity index (χ4n) is 5.54. The molecule has 2 fully saturated rings. The number of fused-ring (bicyclic) bond motifs is 1. The van der Waals surface area contributed by atoms with E-state index in [2.05, 4.69) is 24.4 Å². The number of nitrogens with zero attached hydrogens (tertiary/aromatic N) is 4. The van der Waals surface area contributed by atoms with E-state index in [4.69, 9.17) is 0 Å². The van der Waals surface area contributed by atoms with Crippen LogP contribution in [0.4, 0.5) is 18.0 Å². The van der Waals surface area contributed by atoms with Crippen LogP contribution >= 0.6 is 0 Å². The Bertz CT molecular complexity index is 1170. The van der Waals surface area contributed by atoms with Gasteiger partial charge in [0.1, 0.15) is 12.2 Å². The second-order valence-electron chi connectivity index (χ2n) is 10.9. The topological polar surface area (TPSA) is 76.2 Å². The second-order valence-corrected chi connectivity index (χ2v) is 10.9. The lowest BCUT2D eigenvalue weighted by atomic mass is 9.98. The van der Waals surface area contributed by atoms with Crippen molar-refractivity contribution in [3.05, 3.63) is 59.2 Å². The minimum Gasteiger partial charge on any atom is -0.333 e. The van der Waals surface area contributed by atoms with E-state index in [9.17, 15) is 27.6 Å². The van der Waals surface area contributed by atoms with Crippen molar-refractivity contribution < 1.29 is 27.6 Å². The Morgan fingerprint density at radius 3 is 2.62 bits per heavy atom. The average molecular weight is 562 g/mol. The first-order valence-corrected chi connectivity index (χ1v) is 13.9. The smallest absolute Gasteiger partial charge is 0.333 e. The zero-order chi connectivity index (χ0) is 29.0. The molecule has 1 aromatic carbocycles. The fraction of sp³-hybridized carbons (Fsp3) is 0.552. The van der Waals surface area contributed by atoms with E-state index in [1.165, 1.54) is 20.9 Å². The Hall–Kier alpha value is -3.34. The summed E-state index contributed by atoms with van der Waals surface area (Å²) in [6.07, 6.45) is 4.70. The molecule has 11 heteroatoms. The van der Waals surface area contributed by atoms with Crippen LogP contribution < -0.4 is 5.32 Å². The highest BCUT2D eigenvalue weighted by Crippen LogP contribution is 2.32. The maximum atomic E-state index is 13.7. The number of allylic oxidation sites excluding steroid dienone is 2. The number of unbranched alkanes of at least 4 members (excludes halogenated alkanes) is 2. The largest absolute Gasteiger partial charge is 0.416 e. The third-order valence-corrected chi connectivity index (χ3v) is 7.69. The van der Waals surface area contributed by atoms with Crippen molar-refractivity contribution in [2.24, 2.45) is 5.92 Å². The molecule has 0 saturated carbocycles. The minimum atomic E-state index is -4.50. The third-order valence-electron chi connectivity index (χ3n) is 7.69. The van der Waals surface area contributed by atoms with Gasteiger partial charge in [-0.05, 0) is 42.0 Å². The van der Waals surface area contributed by atoms with E-state index in [1.54, 1.807) is 18.1 Å². The maximum absolute atomic E-state index is 13.7. The van der Waals surface area contributed by atoms with Crippen LogP contribution in [0.3, 0.4) is 0 Å². The lowest BCUT2D eigenvalue weighted by molar-refractivity contribution is -0.188. The molecule has 8 nitrogen and oxygen atoms in total. The van der Waals surface area contributed by atoms with Crippen molar-refractivity contribution in [1.29, 1.82) is 0 Å². The van der Waals surface area contributed by atoms with E-state index in [-0.39, 0.29) is 31.4 Å². The van der Waals surface area contributed by atoms with Crippen molar-refractivity contribution in [2.75, 3.05) is 26.7 Å². The lowest BCUT2D eigenvalue weighted by Gasteiger charge is -2.54. The molecule has 3 aliphatic rings. The number of benzene rings is 1. The van der Waals surface area contributed by atoms with Gasteiger partial charge in [0.2, 0.25) is 11.8 Å². The molecule has 40 heavy (non-hydrogen) atoms. The molecular weight excluding hydrogens is 523 g/mol. The molecule has 1 N–H and O–H groups in total. The summed E-state index contributed by atoms with van der Waals surface area (Å²) in [5, 5.41) is 5.96. The summed E-state index contributed by atoms with van der Waals surface area (Å²) in [6.45, 7) is 4.35. The van der Waals surface area contributed by atoms with Crippen LogP contribution in [-0.4, -0.2) is 76.6 Å². The number of hydrazine groups is 1. The SMILES string of the molecule is CCCCC[C@H]1C(=O)N(Cc2cccc(C(F)(F)F)c2)C[C@H]2N1C(=O)CN(C)N2C(=O)NCC1=CCC(C)C=C1. The average Bonchev–Trinajstić information content (AvgIpc) is 2.90. The van der Waals surface area contributed by atoms with Gasteiger partial charge in [-0.3, -0.25) is 9.59 Å². The summed E-state index contributed by atoms with van der Waals surface area (Å²) in [4.78, 5) is 43.4. The van der Waals surface area contributed by atoms with Crippen LogP contribution in [-0.2, 0) is 22.3 Å². The quantitative estimate of drug-likeness (QED) is 0.473. The first kappa shape index (κ1) is 29.6. The number of carbonyl (C=O) groups is 3. The molecule has 1 aromatic rings. The molecule has 1 unspecified atom stereocenters. The van der Waals surface area contributed by atoms with Crippen molar-refractivity contribution in [2.45, 2.75) is 70.9 Å². The number of carbonyl (C=O) groups excluding carboxylic acids is 3. The number of piperazine rings is 1. The van der Waals surface area contributed by atoms with Crippen LogP contribution in [0, 0.1) is 5.92 Å². The Balaban J connectivity index is 1.59. The summed E-state index contributed by atoms with van der Waals surface area (Å²) in [7, 11) is 1.65.